The first-order chi connectivity index (χ1) is 7.56. The molecule has 1 aromatic rings. The summed E-state index contributed by atoms with van der Waals surface area (Å²) in [5, 5.41) is 0. The third kappa shape index (κ3) is 2.10. The van der Waals surface area contributed by atoms with Gasteiger partial charge in [0, 0.05) is 5.92 Å². The zero-order valence-electron chi connectivity index (χ0n) is 8.83. The largest absolute Gasteiger partial charge is 0.393 e. The zero-order chi connectivity index (χ0) is 11.7. The number of carbonyl (C=O) groups is 2. The van der Waals surface area contributed by atoms with Crippen molar-refractivity contribution < 1.29 is 18.7 Å². The van der Waals surface area contributed by atoms with Crippen molar-refractivity contribution in [2.45, 2.75) is 25.7 Å². The summed E-state index contributed by atoms with van der Waals surface area (Å²) >= 11 is 0. The average Bonchev–Trinajstić information content (AvgIpc) is 2.20. The lowest BCUT2D eigenvalue weighted by Crippen LogP contribution is -2.24. The Hall–Kier alpha value is -1.71. The molecule has 1 aliphatic heterocycles. The van der Waals surface area contributed by atoms with Crippen molar-refractivity contribution in [3.8, 4) is 0 Å². The molecule has 0 saturated carbocycles. The number of benzene rings is 1. The minimum absolute atomic E-state index is 0.177. The van der Waals surface area contributed by atoms with Crippen LogP contribution in [0.25, 0.3) is 0 Å². The summed E-state index contributed by atoms with van der Waals surface area (Å²) in [5.41, 5.74) is 1.33. The topological polar surface area (TPSA) is 43.4 Å². The van der Waals surface area contributed by atoms with Crippen molar-refractivity contribution in [2.24, 2.45) is 0 Å². The van der Waals surface area contributed by atoms with Crippen molar-refractivity contribution in [2.75, 3.05) is 0 Å². The fourth-order valence-electron chi connectivity index (χ4n) is 1.84. The molecule has 0 atom stereocenters. The second-order valence-electron chi connectivity index (χ2n) is 3.96. The molecule has 0 bridgehead atoms. The van der Waals surface area contributed by atoms with Crippen LogP contribution in [0.2, 0.25) is 0 Å². The molecule has 84 valence electrons. The molecule has 1 saturated heterocycles. The molecule has 0 amide bonds. The number of cyclic esters (lactones) is 2. The van der Waals surface area contributed by atoms with E-state index in [1.807, 2.05) is 0 Å². The lowest BCUT2D eigenvalue weighted by atomic mass is 9.90. The minimum atomic E-state index is -0.511. The number of hydrogen-bond acceptors (Lipinski definition) is 3. The Morgan fingerprint density at radius 1 is 1.25 bits per heavy atom. The van der Waals surface area contributed by atoms with E-state index >= 15 is 0 Å². The smallest absolute Gasteiger partial charge is 0.314 e. The van der Waals surface area contributed by atoms with Gasteiger partial charge < -0.3 is 4.74 Å². The highest BCUT2D eigenvalue weighted by molar-refractivity contribution is 5.89. The van der Waals surface area contributed by atoms with Gasteiger partial charge in [0.25, 0.3) is 0 Å². The summed E-state index contributed by atoms with van der Waals surface area (Å²) in [4.78, 5) is 22.2. The van der Waals surface area contributed by atoms with Gasteiger partial charge in [0.1, 0.15) is 5.82 Å². The number of aryl methyl sites for hydroxylation is 1. The molecular formula is C12H11FO3. The van der Waals surface area contributed by atoms with E-state index < -0.39 is 11.9 Å². The van der Waals surface area contributed by atoms with E-state index in [2.05, 4.69) is 4.74 Å². The number of esters is 2. The van der Waals surface area contributed by atoms with Gasteiger partial charge in [-0.2, -0.15) is 0 Å². The highest BCUT2D eigenvalue weighted by atomic mass is 19.1. The second-order valence-corrected chi connectivity index (χ2v) is 3.96. The van der Waals surface area contributed by atoms with Gasteiger partial charge in [-0.25, -0.2) is 4.39 Å². The normalized spacial score (nSPS) is 17.4. The predicted octanol–water partition coefficient (Wildman–Crippen LogP) is 2.08. The van der Waals surface area contributed by atoms with Crippen LogP contribution in [0.1, 0.15) is 29.9 Å². The third-order valence-corrected chi connectivity index (χ3v) is 2.71. The lowest BCUT2D eigenvalue weighted by Gasteiger charge is -2.20. The highest BCUT2D eigenvalue weighted by Crippen LogP contribution is 2.29. The summed E-state index contributed by atoms with van der Waals surface area (Å²) in [6.45, 7) is 1.65. The fourth-order valence-corrected chi connectivity index (χ4v) is 1.84. The second kappa shape index (κ2) is 4.04. The quantitative estimate of drug-likeness (QED) is 0.539. The molecule has 1 aromatic carbocycles. The number of halogens is 1. The number of ether oxygens (including phenoxy) is 1. The van der Waals surface area contributed by atoms with Crippen LogP contribution >= 0.6 is 0 Å². The molecule has 0 N–H and O–H groups in total. The maximum Gasteiger partial charge on any atom is 0.314 e. The van der Waals surface area contributed by atoms with Crippen molar-refractivity contribution >= 4 is 11.9 Å². The molecule has 1 aliphatic rings. The minimum Gasteiger partial charge on any atom is -0.393 e. The van der Waals surface area contributed by atoms with Gasteiger partial charge in [0.05, 0.1) is 12.8 Å². The van der Waals surface area contributed by atoms with E-state index in [4.69, 9.17) is 0 Å². The number of hydrogen-bond donors (Lipinski definition) is 0. The first kappa shape index (κ1) is 10.8. The maximum absolute atomic E-state index is 13.1. The van der Waals surface area contributed by atoms with Crippen molar-refractivity contribution in [3.05, 3.63) is 35.1 Å². The van der Waals surface area contributed by atoms with Crippen LogP contribution in [0.15, 0.2) is 18.2 Å². The molecule has 0 spiro atoms. The Bertz CT molecular complexity index is 438. The van der Waals surface area contributed by atoms with Gasteiger partial charge in [-0.05, 0) is 24.1 Å². The molecule has 4 heteroatoms. The van der Waals surface area contributed by atoms with Gasteiger partial charge in [-0.1, -0.05) is 12.1 Å². The molecule has 0 unspecified atom stereocenters. The number of carbonyl (C=O) groups excluding carboxylic acids is 2. The average molecular weight is 222 g/mol. The van der Waals surface area contributed by atoms with Crippen LogP contribution in [0.3, 0.4) is 0 Å². The molecular weight excluding hydrogens is 211 g/mol. The van der Waals surface area contributed by atoms with Gasteiger partial charge in [0.2, 0.25) is 0 Å². The van der Waals surface area contributed by atoms with Gasteiger partial charge in [0.15, 0.2) is 0 Å². The molecule has 2 rings (SSSR count). The Kier molecular flexibility index (Phi) is 2.73. The Balaban J connectivity index is 2.26. The summed E-state index contributed by atoms with van der Waals surface area (Å²) in [5.74, 6) is -1.49. The fraction of sp³-hybridized carbons (Fsp3) is 0.333. The molecule has 0 aliphatic carbocycles. The molecule has 0 aromatic heterocycles. The summed E-state index contributed by atoms with van der Waals surface area (Å²) in [6, 6.07) is 4.64. The van der Waals surface area contributed by atoms with Gasteiger partial charge in [-0.3, -0.25) is 9.59 Å². The Morgan fingerprint density at radius 2 is 1.88 bits per heavy atom. The van der Waals surface area contributed by atoms with Crippen molar-refractivity contribution in [1.82, 2.24) is 0 Å². The van der Waals surface area contributed by atoms with Crippen LogP contribution in [0, 0.1) is 12.7 Å². The summed E-state index contributed by atoms with van der Waals surface area (Å²) < 4.78 is 17.5. The molecule has 1 fully saturated rings. The van der Waals surface area contributed by atoms with Crippen molar-refractivity contribution in [1.29, 1.82) is 0 Å². The summed E-state index contributed by atoms with van der Waals surface area (Å²) in [6.07, 6.45) is 0.355. The van der Waals surface area contributed by atoms with Crippen LogP contribution in [0.4, 0.5) is 4.39 Å². The van der Waals surface area contributed by atoms with Crippen LogP contribution in [-0.2, 0) is 14.3 Å². The van der Waals surface area contributed by atoms with Crippen LogP contribution < -0.4 is 0 Å². The molecule has 0 radical (unpaired) electrons. The van der Waals surface area contributed by atoms with E-state index in [1.54, 1.807) is 19.1 Å². The molecule has 16 heavy (non-hydrogen) atoms. The SMILES string of the molecule is Cc1cc(C2CC(=O)OC(=O)C2)ccc1F. The zero-order valence-corrected chi connectivity index (χ0v) is 8.83. The molecule has 1 heterocycles. The third-order valence-electron chi connectivity index (χ3n) is 2.71. The van der Waals surface area contributed by atoms with Gasteiger partial charge >= 0.3 is 11.9 Å². The van der Waals surface area contributed by atoms with E-state index in [0.717, 1.165) is 5.56 Å². The van der Waals surface area contributed by atoms with Crippen LogP contribution in [0.5, 0.6) is 0 Å². The number of rotatable bonds is 1. The maximum atomic E-state index is 13.1. The lowest BCUT2D eigenvalue weighted by molar-refractivity contribution is -0.163. The van der Waals surface area contributed by atoms with E-state index in [9.17, 15) is 14.0 Å². The monoisotopic (exact) mass is 222 g/mol. The van der Waals surface area contributed by atoms with E-state index in [-0.39, 0.29) is 24.6 Å². The predicted molar refractivity (Wildman–Crippen MR) is 54.2 cm³/mol. The first-order valence-electron chi connectivity index (χ1n) is 5.06. The highest BCUT2D eigenvalue weighted by Gasteiger charge is 2.28. The Morgan fingerprint density at radius 3 is 2.44 bits per heavy atom. The van der Waals surface area contributed by atoms with Crippen molar-refractivity contribution in [3.63, 3.8) is 0 Å². The van der Waals surface area contributed by atoms with E-state index in [0.29, 0.717) is 5.56 Å². The summed E-state index contributed by atoms with van der Waals surface area (Å²) in [7, 11) is 0. The first-order valence-corrected chi connectivity index (χ1v) is 5.06. The standard InChI is InChI=1S/C12H11FO3/c1-7-4-8(2-3-10(7)13)9-5-11(14)16-12(15)6-9/h2-4,9H,5-6H2,1H3. The van der Waals surface area contributed by atoms with Crippen LogP contribution in [-0.4, -0.2) is 11.9 Å². The van der Waals surface area contributed by atoms with Gasteiger partial charge in [-0.15, -0.1) is 0 Å². The molecule has 3 nitrogen and oxygen atoms in total. The van der Waals surface area contributed by atoms with E-state index in [1.165, 1.54) is 6.07 Å². The Labute approximate surface area is 92.2 Å².